The Labute approximate surface area is 187 Å². The van der Waals surface area contributed by atoms with E-state index in [1.54, 1.807) is 0 Å². The van der Waals surface area contributed by atoms with Crippen LogP contribution in [0.4, 0.5) is 0 Å². The van der Waals surface area contributed by atoms with Crippen LogP contribution in [0.5, 0.6) is 0 Å². The molecular formula is C18H32O15. The molecule has 0 spiro atoms. The third-order valence-electron chi connectivity index (χ3n) is 6.26. The summed E-state index contributed by atoms with van der Waals surface area (Å²) in [5, 5.41) is 121. The number of aldehydes is 1. The summed E-state index contributed by atoms with van der Waals surface area (Å²) in [6.45, 7) is 0.348. The minimum atomic E-state index is -3.25. The summed E-state index contributed by atoms with van der Waals surface area (Å²) in [4.78, 5) is 11.7. The van der Waals surface area contributed by atoms with Crippen LogP contribution in [0.2, 0.25) is 0 Å². The highest BCUT2D eigenvalue weighted by molar-refractivity contribution is 5.65. The monoisotopic (exact) mass is 488 g/mol. The van der Waals surface area contributed by atoms with Crippen molar-refractivity contribution in [3.8, 4) is 0 Å². The molecular weight excluding hydrogens is 456 g/mol. The Morgan fingerprint density at radius 3 is 1.88 bits per heavy atom. The number of hydrogen-bond donors (Lipinski definition) is 12. The summed E-state index contributed by atoms with van der Waals surface area (Å²) in [5.74, 6) is 0. The fourth-order valence-corrected chi connectivity index (χ4v) is 4.01. The highest BCUT2D eigenvalue weighted by Crippen LogP contribution is 2.32. The van der Waals surface area contributed by atoms with Crippen LogP contribution in [0.25, 0.3) is 0 Å². The van der Waals surface area contributed by atoms with Crippen LogP contribution in [0.1, 0.15) is 6.92 Å². The summed E-state index contributed by atoms with van der Waals surface area (Å²) in [6.07, 6.45) is -28.4. The highest BCUT2D eigenvalue weighted by atomic mass is 16.6. The van der Waals surface area contributed by atoms with Crippen LogP contribution in [-0.4, -0.2) is 165 Å². The Bertz CT molecular complexity index is 650. The highest BCUT2D eigenvalue weighted by Gasteiger charge is 2.58. The van der Waals surface area contributed by atoms with Crippen molar-refractivity contribution in [3.05, 3.63) is 0 Å². The Morgan fingerprint density at radius 1 is 0.818 bits per heavy atom. The van der Waals surface area contributed by atoms with Gasteiger partial charge in [-0.2, -0.15) is 0 Å². The van der Waals surface area contributed by atoms with Crippen LogP contribution in [0.3, 0.4) is 0 Å². The van der Waals surface area contributed by atoms with Gasteiger partial charge in [0.05, 0.1) is 12.7 Å². The maximum absolute atomic E-state index is 11.7. The first-order valence-electron chi connectivity index (χ1n) is 10.2. The molecule has 2 aliphatic heterocycles. The van der Waals surface area contributed by atoms with Crippen LogP contribution in [-0.2, 0) is 14.3 Å². The number of aliphatic hydroxyl groups is 12. The van der Waals surface area contributed by atoms with Crippen molar-refractivity contribution < 1.29 is 75.5 Å². The van der Waals surface area contributed by atoms with Crippen LogP contribution < -0.4 is 0 Å². The molecule has 0 radical (unpaired) electrons. The second-order valence-corrected chi connectivity index (χ2v) is 8.45. The van der Waals surface area contributed by atoms with Crippen LogP contribution in [0, 0.1) is 0 Å². The Kier molecular flexibility index (Phi) is 9.28. The van der Waals surface area contributed by atoms with E-state index in [1.165, 1.54) is 6.92 Å². The summed E-state index contributed by atoms with van der Waals surface area (Å²) in [6, 6.07) is 0. The van der Waals surface area contributed by atoms with E-state index in [0.29, 0.717) is 0 Å². The van der Waals surface area contributed by atoms with Crippen molar-refractivity contribution >= 4 is 6.29 Å². The maximum atomic E-state index is 11.7. The number of aliphatic hydroxyl groups excluding tert-OH is 11. The predicted octanol–water partition coefficient (Wildman–Crippen LogP) is -7.93. The summed E-state index contributed by atoms with van der Waals surface area (Å²) in [7, 11) is 0. The van der Waals surface area contributed by atoms with Crippen molar-refractivity contribution in [2.24, 2.45) is 0 Å². The average Bonchev–Trinajstić information content (AvgIpc) is 2.81. The molecule has 194 valence electrons. The Balaban J connectivity index is 2.24. The molecule has 15 nitrogen and oxygen atoms in total. The van der Waals surface area contributed by atoms with Crippen molar-refractivity contribution in [1.29, 1.82) is 0 Å². The quantitative estimate of drug-likeness (QED) is 0.141. The third-order valence-corrected chi connectivity index (χ3v) is 6.26. The summed E-state index contributed by atoms with van der Waals surface area (Å²) >= 11 is 0. The van der Waals surface area contributed by atoms with Crippen molar-refractivity contribution in [2.45, 2.75) is 98.0 Å². The second kappa shape index (κ2) is 10.8. The number of carbonyl (C=O) groups excluding carboxylic acids is 1. The lowest BCUT2D eigenvalue weighted by molar-refractivity contribution is -0.288. The number of rotatable bonds is 8. The molecule has 2 heterocycles. The molecule has 12 N–H and O–H groups in total. The van der Waals surface area contributed by atoms with E-state index in [-0.39, 0.29) is 6.29 Å². The van der Waals surface area contributed by atoms with E-state index in [2.05, 4.69) is 0 Å². The van der Waals surface area contributed by atoms with Gasteiger partial charge in [-0.05, 0) is 6.92 Å². The SMILES string of the molecule is C[C@@H]1OC(C(O)[C@@H](O)[C@@H](O)[C@H](O)[C@@](O)(C=O)C2O[C@H](CO)[C@@H](O)[C@H](O)[C@H]2O)[C@H](O)[C@H](O)[C@H]1O. The number of carbonyl (C=O) groups is 1. The van der Waals surface area contributed by atoms with Crippen LogP contribution >= 0.6 is 0 Å². The van der Waals surface area contributed by atoms with Crippen molar-refractivity contribution in [2.75, 3.05) is 6.61 Å². The molecule has 0 bridgehead atoms. The van der Waals surface area contributed by atoms with E-state index in [4.69, 9.17) is 9.47 Å². The van der Waals surface area contributed by atoms with Gasteiger partial charge in [-0.15, -0.1) is 0 Å². The van der Waals surface area contributed by atoms with Gasteiger partial charge in [-0.3, -0.25) is 4.79 Å². The average molecular weight is 488 g/mol. The van der Waals surface area contributed by atoms with Gasteiger partial charge < -0.3 is 70.8 Å². The first-order chi connectivity index (χ1) is 15.2. The van der Waals surface area contributed by atoms with E-state index in [9.17, 15) is 66.1 Å². The minimum absolute atomic E-state index is 0.374. The van der Waals surface area contributed by atoms with Gasteiger partial charge in [0.25, 0.3) is 0 Å². The lowest BCUT2D eigenvalue weighted by Crippen LogP contribution is -2.71. The van der Waals surface area contributed by atoms with Gasteiger partial charge in [0.15, 0.2) is 11.9 Å². The van der Waals surface area contributed by atoms with Gasteiger partial charge in [-0.1, -0.05) is 0 Å². The largest absolute Gasteiger partial charge is 0.394 e. The second-order valence-electron chi connectivity index (χ2n) is 8.45. The van der Waals surface area contributed by atoms with Crippen molar-refractivity contribution in [3.63, 3.8) is 0 Å². The molecule has 2 rings (SSSR count). The fraction of sp³-hybridized carbons (Fsp3) is 0.944. The summed E-state index contributed by atoms with van der Waals surface area (Å²) in [5.41, 5.74) is -3.25. The smallest absolute Gasteiger partial charge is 0.177 e. The predicted molar refractivity (Wildman–Crippen MR) is 101 cm³/mol. The molecule has 0 amide bonds. The molecule has 15 atom stereocenters. The first kappa shape index (κ1) is 28.3. The van der Waals surface area contributed by atoms with Gasteiger partial charge in [0, 0.05) is 0 Å². The number of ether oxygens (including phenoxy) is 2. The minimum Gasteiger partial charge on any atom is -0.394 e. The molecule has 2 saturated heterocycles. The Hall–Kier alpha value is -0.890. The molecule has 0 aromatic heterocycles. The molecule has 3 unspecified atom stereocenters. The zero-order chi connectivity index (χ0) is 25.4. The topological polar surface area (TPSA) is 278 Å². The molecule has 2 fully saturated rings. The molecule has 0 aromatic carbocycles. The fourth-order valence-electron chi connectivity index (χ4n) is 4.01. The van der Waals surface area contributed by atoms with E-state index in [0.717, 1.165) is 0 Å². The van der Waals surface area contributed by atoms with Crippen LogP contribution in [0.15, 0.2) is 0 Å². The zero-order valence-corrected chi connectivity index (χ0v) is 17.5. The number of hydrogen-bond acceptors (Lipinski definition) is 15. The first-order valence-corrected chi connectivity index (χ1v) is 10.2. The molecule has 0 aliphatic carbocycles. The van der Waals surface area contributed by atoms with E-state index in [1.807, 2.05) is 0 Å². The molecule has 33 heavy (non-hydrogen) atoms. The Morgan fingerprint density at radius 2 is 1.36 bits per heavy atom. The molecule has 0 saturated carbocycles. The molecule has 0 aromatic rings. The maximum Gasteiger partial charge on any atom is 0.177 e. The van der Waals surface area contributed by atoms with Crippen molar-refractivity contribution in [1.82, 2.24) is 0 Å². The van der Waals surface area contributed by atoms with E-state index < -0.39 is 97.7 Å². The lowest BCUT2D eigenvalue weighted by Gasteiger charge is -2.47. The third kappa shape index (κ3) is 5.07. The summed E-state index contributed by atoms with van der Waals surface area (Å²) < 4.78 is 10.2. The lowest BCUT2D eigenvalue weighted by atomic mass is 9.78. The van der Waals surface area contributed by atoms with Gasteiger partial charge >= 0.3 is 0 Å². The van der Waals surface area contributed by atoms with Gasteiger partial charge in [-0.25, -0.2) is 0 Å². The molecule has 2 aliphatic rings. The molecule has 15 heteroatoms. The van der Waals surface area contributed by atoms with Gasteiger partial charge in [0.2, 0.25) is 0 Å². The van der Waals surface area contributed by atoms with Gasteiger partial charge in [0.1, 0.15) is 79.4 Å². The zero-order valence-electron chi connectivity index (χ0n) is 17.5. The van der Waals surface area contributed by atoms with E-state index >= 15 is 0 Å². The normalized spacial score (nSPS) is 45.5. The standard InChI is InChI=1S/C18H32O15/c1-4-6(21)8(23)11(26)15(32-4)12(27)10(25)13(28)16(30)18(31,3-20)17-14(29)9(24)7(22)5(2-19)33-17/h3-17,19,21-31H,2H2,1H3/t4-,5+,6-,7+,8+,9-,10+,11+,12?,13+,14+,15?,16-,17?,18-/m0/s1.